The normalized spacial score (nSPS) is 14.3. The number of benzene rings is 1. The highest BCUT2D eigenvalue weighted by molar-refractivity contribution is 6.30. The molecule has 0 atom stereocenters. The highest BCUT2D eigenvalue weighted by Crippen LogP contribution is 2.27. The van der Waals surface area contributed by atoms with E-state index in [1.165, 1.54) is 12.1 Å². The number of rotatable bonds is 1. The second-order valence-electron chi connectivity index (χ2n) is 4.53. The van der Waals surface area contributed by atoms with Crippen LogP contribution >= 0.6 is 11.6 Å². The maximum absolute atomic E-state index is 13.4. The molecule has 3 nitrogen and oxygen atoms in total. The lowest BCUT2D eigenvalue weighted by Gasteiger charge is -2.17. The molecule has 98 valence electrons. The molecule has 0 bridgehead atoms. The quantitative estimate of drug-likeness (QED) is 0.751. The molecule has 0 amide bonds. The summed E-state index contributed by atoms with van der Waals surface area (Å²) in [7, 11) is 0. The maximum atomic E-state index is 13.4. The zero-order chi connectivity index (χ0) is 13.4. The summed E-state index contributed by atoms with van der Waals surface area (Å²) >= 11 is 6.16. The lowest BCUT2D eigenvalue weighted by molar-refractivity contribution is 0.109. The van der Waals surface area contributed by atoms with Crippen LogP contribution in [0.1, 0.15) is 16.8 Å². The van der Waals surface area contributed by atoms with Crippen molar-refractivity contribution < 1.29 is 9.13 Å². The molecule has 1 aliphatic heterocycles. The number of hydrogen-bond acceptors (Lipinski definition) is 3. The maximum Gasteiger partial charge on any atom is 0.161 e. The molecule has 0 saturated carbocycles. The standard InChI is InChI=1S/C14H12ClFN2O/c1-8-2-3-9(16)6-10(8)14-17-12-4-5-19-7-11(12)13(15)18-14/h2-3,6H,4-5,7H2,1H3. The molecule has 19 heavy (non-hydrogen) atoms. The fraction of sp³-hybridized carbons (Fsp3) is 0.286. The second kappa shape index (κ2) is 4.87. The molecule has 1 aromatic carbocycles. The van der Waals surface area contributed by atoms with Gasteiger partial charge in [0.25, 0.3) is 0 Å². The van der Waals surface area contributed by atoms with Gasteiger partial charge in [-0.25, -0.2) is 14.4 Å². The zero-order valence-corrected chi connectivity index (χ0v) is 11.2. The smallest absolute Gasteiger partial charge is 0.161 e. The van der Waals surface area contributed by atoms with Crippen LogP contribution in [-0.4, -0.2) is 16.6 Å². The summed E-state index contributed by atoms with van der Waals surface area (Å²) in [5, 5.41) is 0.392. The van der Waals surface area contributed by atoms with E-state index in [0.29, 0.717) is 36.2 Å². The Morgan fingerprint density at radius 2 is 2.16 bits per heavy atom. The summed E-state index contributed by atoms with van der Waals surface area (Å²) in [5.41, 5.74) is 3.33. The molecule has 2 heterocycles. The Bertz CT molecular complexity index is 646. The molecule has 0 fully saturated rings. The first-order valence-electron chi connectivity index (χ1n) is 6.04. The van der Waals surface area contributed by atoms with E-state index in [4.69, 9.17) is 16.3 Å². The first-order valence-corrected chi connectivity index (χ1v) is 6.42. The van der Waals surface area contributed by atoms with Crippen LogP contribution in [-0.2, 0) is 17.8 Å². The van der Waals surface area contributed by atoms with Gasteiger partial charge in [0, 0.05) is 17.5 Å². The number of aryl methyl sites for hydroxylation is 1. The van der Waals surface area contributed by atoms with Crippen molar-refractivity contribution >= 4 is 11.6 Å². The van der Waals surface area contributed by atoms with E-state index in [2.05, 4.69) is 9.97 Å². The van der Waals surface area contributed by atoms with Crippen LogP contribution in [0.4, 0.5) is 4.39 Å². The van der Waals surface area contributed by atoms with Crippen LogP contribution in [0.3, 0.4) is 0 Å². The molecule has 1 aliphatic rings. The molecule has 0 radical (unpaired) electrons. The van der Waals surface area contributed by atoms with Crippen molar-refractivity contribution in [2.24, 2.45) is 0 Å². The Labute approximate surface area is 115 Å². The third-order valence-corrected chi connectivity index (χ3v) is 3.53. The molecular weight excluding hydrogens is 267 g/mol. The summed E-state index contributed by atoms with van der Waals surface area (Å²) in [6.07, 6.45) is 0.707. The van der Waals surface area contributed by atoms with E-state index in [1.54, 1.807) is 6.07 Å². The van der Waals surface area contributed by atoms with E-state index in [0.717, 1.165) is 16.8 Å². The molecular formula is C14H12ClFN2O. The van der Waals surface area contributed by atoms with Gasteiger partial charge in [0.2, 0.25) is 0 Å². The Balaban J connectivity index is 2.15. The Hall–Kier alpha value is -1.52. The Morgan fingerprint density at radius 3 is 3.00 bits per heavy atom. The van der Waals surface area contributed by atoms with Crippen molar-refractivity contribution in [1.82, 2.24) is 9.97 Å². The van der Waals surface area contributed by atoms with Gasteiger partial charge in [0.1, 0.15) is 11.0 Å². The number of ether oxygens (including phenoxy) is 1. The van der Waals surface area contributed by atoms with Crippen molar-refractivity contribution in [3.05, 3.63) is 46.0 Å². The van der Waals surface area contributed by atoms with Crippen LogP contribution in [0.2, 0.25) is 5.15 Å². The van der Waals surface area contributed by atoms with E-state index in [-0.39, 0.29) is 5.82 Å². The first kappa shape index (κ1) is 12.5. The van der Waals surface area contributed by atoms with Crippen molar-refractivity contribution in [2.75, 3.05) is 6.61 Å². The summed E-state index contributed by atoms with van der Waals surface area (Å²) in [4.78, 5) is 8.77. The van der Waals surface area contributed by atoms with Crippen molar-refractivity contribution in [3.63, 3.8) is 0 Å². The van der Waals surface area contributed by atoms with Crippen LogP contribution in [0.25, 0.3) is 11.4 Å². The van der Waals surface area contributed by atoms with Gasteiger partial charge in [0.15, 0.2) is 5.82 Å². The monoisotopic (exact) mass is 278 g/mol. The predicted octanol–water partition coefficient (Wildman–Crippen LogP) is 3.32. The van der Waals surface area contributed by atoms with Crippen LogP contribution < -0.4 is 0 Å². The van der Waals surface area contributed by atoms with E-state index in [9.17, 15) is 4.39 Å². The minimum Gasteiger partial charge on any atom is -0.376 e. The van der Waals surface area contributed by atoms with Gasteiger partial charge >= 0.3 is 0 Å². The van der Waals surface area contributed by atoms with Crippen LogP contribution in [0.5, 0.6) is 0 Å². The van der Waals surface area contributed by atoms with Gasteiger partial charge in [-0.1, -0.05) is 17.7 Å². The van der Waals surface area contributed by atoms with E-state index >= 15 is 0 Å². The Morgan fingerprint density at radius 1 is 1.32 bits per heavy atom. The number of hydrogen-bond donors (Lipinski definition) is 0. The minimum absolute atomic E-state index is 0.304. The molecule has 3 rings (SSSR count). The highest BCUT2D eigenvalue weighted by atomic mass is 35.5. The van der Waals surface area contributed by atoms with Gasteiger partial charge in [-0.15, -0.1) is 0 Å². The lowest BCUT2D eigenvalue weighted by Crippen LogP contribution is -2.14. The SMILES string of the molecule is Cc1ccc(F)cc1-c1nc(Cl)c2c(n1)CCOC2. The van der Waals surface area contributed by atoms with Crippen molar-refractivity contribution in [3.8, 4) is 11.4 Å². The van der Waals surface area contributed by atoms with Gasteiger partial charge in [-0.2, -0.15) is 0 Å². The summed E-state index contributed by atoms with van der Waals surface area (Å²) < 4.78 is 18.7. The highest BCUT2D eigenvalue weighted by Gasteiger charge is 2.18. The fourth-order valence-corrected chi connectivity index (χ4v) is 2.39. The van der Waals surface area contributed by atoms with E-state index in [1.807, 2.05) is 6.92 Å². The molecule has 0 unspecified atom stereocenters. The minimum atomic E-state index is -0.304. The number of aromatic nitrogens is 2. The number of nitrogens with zero attached hydrogens (tertiary/aromatic N) is 2. The Kier molecular flexibility index (Phi) is 3.21. The third-order valence-electron chi connectivity index (χ3n) is 3.21. The molecule has 5 heteroatoms. The van der Waals surface area contributed by atoms with Crippen molar-refractivity contribution in [1.29, 1.82) is 0 Å². The molecule has 0 spiro atoms. The molecule has 2 aromatic rings. The fourth-order valence-electron chi connectivity index (χ4n) is 2.15. The lowest BCUT2D eigenvalue weighted by atomic mass is 10.1. The zero-order valence-electron chi connectivity index (χ0n) is 10.4. The predicted molar refractivity (Wildman–Crippen MR) is 70.5 cm³/mol. The number of fused-ring (bicyclic) bond motifs is 1. The van der Waals surface area contributed by atoms with Gasteiger partial charge < -0.3 is 4.74 Å². The number of halogens is 2. The summed E-state index contributed by atoms with van der Waals surface area (Å²) in [5.74, 6) is 0.170. The first-order chi connectivity index (χ1) is 9.15. The molecule has 0 saturated heterocycles. The average Bonchev–Trinajstić information content (AvgIpc) is 2.41. The van der Waals surface area contributed by atoms with Crippen LogP contribution in [0, 0.1) is 12.7 Å². The summed E-state index contributed by atoms with van der Waals surface area (Å²) in [6.45, 7) is 2.97. The largest absolute Gasteiger partial charge is 0.376 e. The van der Waals surface area contributed by atoms with Crippen LogP contribution in [0.15, 0.2) is 18.2 Å². The second-order valence-corrected chi connectivity index (χ2v) is 4.88. The van der Waals surface area contributed by atoms with Gasteiger partial charge in [-0.05, 0) is 24.6 Å². The average molecular weight is 279 g/mol. The molecule has 0 aliphatic carbocycles. The van der Waals surface area contributed by atoms with Gasteiger partial charge in [0.05, 0.1) is 18.9 Å². The molecule has 1 aromatic heterocycles. The van der Waals surface area contributed by atoms with Gasteiger partial charge in [-0.3, -0.25) is 0 Å². The van der Waals surface area contributed by atoms with E-state index < -0.39 is 0 Å². The van der Waals surface area contributed by atoms with Crippen molar-refractivity contribution in [2.45, 2.75) is 20.0 Å². The third kappa shape index (κ3) is 2.33. The summed E-state index contributed by atoms with van der Waals surface area (Å²) in [6, 6.07) is 4.57. The topological polar surface area (TPSA) is 35.0 Å². The molecule has 0 N–H and O–H groups in total.